The fraction of sp³-hybridized carbons (Fsp3) is 0.214. The molecule has 2 N–H and O–H groups in total. The predicted molar refractivity (Wildman–Crippen MR) is 78.6 cm³/mol. The van der Waals surface area contributed by atoms with Crippen molar-refractivity contribution < 1.29 is 9.18 Å². The van der Waals surface area contributed by atoms with Crippen molar-refractivity contribution in [2.75, 3.05) is 12.3 Å². The zero-order valence-electron chi connectivity index (χ0n) is 10.5. The van der Waals surface area contributed by atoms with Crippen LogP contribution in [-0.4, -0.2) is 17.4 Å². The molecule has 1 amide bonds. The summed E-state index contributed by atoms with van der Waals surface area (Å²) >= 11 is 7.50. The molecule has 2 aromatic rings. The third-order valence-electron chi connectivity index (χ3n) is 3.42. The smallest absolute Gasteiger partial charge is 0.256 e. The number of amides is 1. The number of nitrogens with two attached hydrogens (primary N) is 1. The van der Waals surface area contributed by atoms with Crippen LogP contribution in [0.25, 0.3) is 0 Å². The molecule has 0 saturated carbocycles. The highest BCUT2D eigenvalue weighted by atomic mass is 35.5. The van der Waals surface area contributed by atoms with E-state index in [4.69, 9.17) is 17.3 Å². The van der Waals surface area contributed by atoms with Gasteiger partial charge in [0.05, 0.1) is 11.3 Å². The summed E-state index contributed by atoms with van der Waals surface area (Å²) in [4.78, 5) is 15.5. The molecular formula is C14H12ClFN2OS. The lowest BCUT2D eigenvalue weighted by atomic mass is 10.1. The van der Waals surface area contributed by atoms with Gasteiger partial charge in [-0.1, -0.05) is 11.6 Å². The van der Waals surface area contributed by atoms with Gasteiger partial charge in [0.25, 0.3) is 5.91 Å². The summed E-state index contributed by atoms with van der Waals surface area (Å²) in [5, 5.41) is 2.19. The van der Waals surface area contributed by atoms with E-state index in [0.29, 0.717) is 13.1 Å². The lowest BCUT2D eigenvalue weighted by Gasteiger charge is -2.27. The Morgan fingerprint density at radius 3 is 3.05 bits per heavy atom. The number of benzene rings is 1. The molecule has 6 heteroatoms. The van der Waals surface area contributed by atoms with Crippen molar-refractivity contribution in [2.24, 2.45) is 0 Å². The first-order chi connectivity index (χ1) is 9.56. The number of carbonyl (C=O) groups is 1. The normalized spacial score (nSPS) is 14.2. The van der Waals surface area contributed by atoms with Gasteiger partial charge in [-0.25, -0.2) is 4.39 Å². The van der Waals surface area contributed by atoms with Crippen LogP contribution in [0.15, 0.2) is 23.6 Å². The molecule has 0 aliphatic carbocycles. The van der Waals surface area contributed by atoms with Crippen LogP contribution in [0.4, 0.5) is 10.1 Å². The second-order valence-electron chi connectivity index (χ2n) is 4.69. The van der Waals surface area contributed by atoms with Crippen LogP contribution in [0.2, 0.25) is 5.02 Å². The number of thiophene rings is 1. The van der Waals surface area contributed by atoms with E-state index in [1.54, 1.807) is 16.2 Å². The minimum atomic E-state index is -0.658. The number of nitrogens with zero attached hydrogens (tertiary/aromatic N) is 1. The van der Waals surface area contributed by atoms with E-state index >= 15 is 0 Å². The molecule has 0 fully saturated rings. The summed E-state index contributed by atoms with van der Waals surface area (Å²) in [5.41, 5.74) is 6.79. The quantitative estimate of drug-likeness (QED) is 0.821. The van der Waals surface area contributed by atoms with Crippen molar-refractivity contribution in [3.05, 3.63) is 50.4 Å². The molecule has 2 heterocycles. The third kappa shape index (κ3) is 2.27. The lowest BCUT2D eigenvalue weighted by Crippen LogP contribution is -2.35. The van der Waals surface area contributed by atoms with E-state index in [2.05, 4.69) is 0 Å². The highest BCUT2D eigenvalue weighted by Gasteiger charge is 2.25. The van der Waals surface area contributed by atoms with Gasteiger partial charge in [-0.05, 0) is 35.6 Å². The van der Waals surface area contributed by atoms with Crippen LogP contribution in [0.1, 0.15) is 20.8 Å². The minimum Gasteiger partial charge on any atom is -0.396 e. The van der Waals surface area contributed by atoms with Crippen LogP contribution in [0.5, 0.6) is 0 Å². The van der Waals surface area contributed by atoms with E-state index < -0.39 is 5.82 Å². The first-order valence-electron chi connectivity index (χ1n) is 6.15. The number of carbonyl (C=O) groups excluding carboxylic acids is 1. The van der Waals surface area contributed by atoms with Crippen molar-refractivity contribution >= 4 is 34.5 Å². The van der Waals surface area contributed by atoms with Crippen LogP contribution in [0.3, 0.4) is 0 Å². The second-order valence-corrected chi connectivity index (χ2v) is 6.13. The van der Waals surface area contributed by atoms with Gasteiger partial charge in [0, 0.05) is 23.0 Å². The third-order valence-corrected chi connectivity index (χ3v) is 4.66. The van der Waals surface area contributed by atoms with Gasteiger partial charge in [0.15, 0.2) is 0 Å². The molecule has 1 aliphatic heterocycles. The number of rotatable bonds is 1. The summed E-state index contributed by atoms with van der Waals surface area (Å²) < 4.78 is 13.6. The Morgan fingerprint density at radius 1 is 1.45 bits per heavy atom. The number of hydrogen-bond acceptors (Lipinski definition) is 3. The molecule has 1 aliphatic rings. The highest BCUT2D eigenvalue weighted by Crippen LogP contribution is 2.28. The molecule has 0 saturated heterocycles. The molecule has 0 unspecified atom stereocenters. The van der Waals surface area contributed by atoms with Crippen molar-refractivity contribution in [2.45, 2.75) is 13.0 Å². The fourth-order valence-corrected chi connectivity index (χ4v) is 3.45. The average molecular weight is 311 g/mol. The molecule has 0 spiro atoms. The number of fused-ring (bicyclic) bond motifs is 1. The summed E-state index contributed by atoms with van der Waals surface area (Å²) in [6, 6.07) is 4.55. The lowest BCUT2D eigenvalue weighted by molar-refractivity contribution is 0.0736. The summed E-state index contributed by atoms with van der Waals surface area (Å²) in [7, 11) is 0. The molecule has 0 atom stereocenters. The Labute approximate surface area is 124 Å². The van der Waals surface area contributed by atoms with E-state index in [0.717, 1.165) is 18.1 Å². The fourth-order valence-electron chi connectivity index (χ4n) is 2.35. The molecule has 3 rings (SSSR count). The van der Waals surface area contributed by atoms with Crippen LogP contribution < -0.4 is 5.73 Å². The molecule has 1 aromatic carbocycles. The first-order valence-corrected chi connectivity index (χ1v) is 7.41. The van der Waals surface area contributed by atoms with E-state index in [-0.39, 0.29) is 22.2 Å². The Morgan fingerprint density at radius 2 is 2.25 bits per heavy atom. The molecule has 1 aromatic heterocycles. The maximum absolute atomic E-state index is 13.6. The second kappa shape index (κ2) is 5.07. The van der Waals surface area contributed by atoms with Gasteiger partial charge >= 0.3 is 0 Å². The standard InChI is InChI=1S/C14H12ClFN2OS/c15-9-5-10(13(17)11(16)6-9)14(19)18-3-1-12-8(7-18)2-4-20-12/h2,4-6H,1,3,7,17H2. The SMILES string of the molecule is Nc1c(F)cc(Cl)cc1C(=O)N1CCc2sccc2C1. The van der Waals surface area contributed by atoms with Crippen molar-refractivity contribution in [1.82, 2.24) is 4.90 Å². The van der Waals surface area contributed by atoms with Gasteiger partial charge in [-0.15, -0.1) is 11.3 Å². The van der Waals surface area contributed by atoms with Gasteiger partial charge in [-0.2, -0.15) is 0 Å². The predicted octanol–water partition coefficient (Wildman–Crippen LogP) is 3.32. The van der Waals surface area contributed by atoms with Crippen LogP contribution >= 0.6 is 22.9 Å². The van der Waals surface area contributed by atoms with Gasteiger partial charge < -0.3 is 10.6 Å². The first kappa shape index (κ1) is 13.4. The van der Waals surface area contributed by atoms with Crippen molar-refractivity contribution in [3.8, 4) is 0 Å². The number of hydrogen-bond donors (Lipinski definition) is 1. The van der Waals surface area contributed by atoms with Gasteiger partial charge in [-0.3, -0.25) is 4.79 Å². The van der Waals surface area contributed by atoms with Gasteiger partial charge in [0.2, 0.25) is 0 Å². The highest BCUT2D eigenvalue weighted by molar-refractivity contribution is 7.10. The minimum absolute atomic E-state index is 0.133. The summed E-state index contributed by atoms with van der Waals surface area (Å²) in [6.07, 6.45) is 0.821. The molecule has 104 valence electrons. The Bertz CT molecular complexity index is 686. The molecular weight excluding hydrogens is 299 g/mol. The van der Waals surface area contributed by atoms with Gasteiger partial charge in [0.1, 0.15) is 5.82 Å². The Balaban J connectivity index is 1.91. The molecule has 0 radical (unpaired) electrons. The molecule has 3 nitrogen and oxygen atoms in total. The maximum Gasteiger partial charge on any atom is 0.256 e. The van der Waals surface area contributed by atoms with Crippen molar-refractivity contribution in [3.63, 3.8) is 0 Å². The zero-order chi connectivity index (χ0) is 14.3. The monoisotopic (exact) mass is 310 g/mol. The van der Waals surface area contributed by atoms with Crippen LogP contribution in [0, 0.1) is 5.82 Å². The topological polar surface area (TPSA) is 46.3 Å². The molecule has 20 heavy (non-hydrogen) atoms. The summed E-state index contributed by atoms with van der Waals surface area (Å²) in [5.74, 6) is -0.935. The van der Waals surface area contributed by atoms with E-state index in [1.165, 1.54) is 10.9 Å². The largest absolute Gasteiger partial charge is 0.396 e. The average Bonchev–Trinajstić information content (AvgIpc) is 2.89. The Hall–Kier alpha value is -1.59. The number of nitrogen functional groups attached to an aromatic ring is 1. The maximum atomic E-state index is 13.6. The number of halogens is 2. The van der Waals surface area contributed by atoms with Crippen molar-refractivity contribution in [1.29, 1.82) is 0 Å². The van der Waals surface area contributed by atoms with E-state index in [1.807, 2.05) is 11.4 Å². The number of anilines is 1. The summed E-state index contributed by atoms with van der Waals surface area (Å²) in [6.45, 7) is 1.14. The van der Waals surface area contributed by atoms with E-state index in [9.17, 15) is 9.18 Å². The van der Waals surface area contributed by atoms with Crippen LogP contribution in [-0.2, 0) is 13.0 Å². The molecule has 0 bridgehead atoms. The Kier molecular flexibility index (Phi) is 3.40. The zero-order valence-corrected chi connectivity index (χ0v) is 12.1.